The molecule has 0 aromatic carbocycles. The van der Waals surface area contributed by atoms with Crippen LogP contribution in [0.4, 0.5) is 4.79 Å². The number of ether oxygens (including phenoxy) is 4. The molecule has 5 aliphatic rings. The number of carbonyl (C=O) groups excluding carboxylic acids is 2. The highest BCUT2D eigenvalue weighted by molar-refractivity contribution is 6.52. The van der Waals surface area contributed by atoms with Crippen molar-refractivity contribution in [1.29, 1.82) is 0 Å². The molecule has 1 heterocycles. The summed E-state index contributed by atoms with van der Waals surface area (Å²) in [4.78, 5) is 22.1. The van der Waals surface area contributed by atoms with Crippen LogP contribution < -0.4 is 0 Å². The maximum atomic E-state index is 12.5. The number of hydrogen-bond acceptors (Lipinski definition) is 6. The standard InChI is InChI=1S/C21H22Cl4O6/c1-28-21(29-2)19(24)12-5-8-17-7-3-4-11(26)10-18(17,31-16(27)30-17)9-6-13(12)20(21,25)15(23)14(19)22/h3-4,12-13H,5-10H2,1-2H3/t12-,13+,17+,18+,19-,20+/m0/s1. The number of fused-ring (bicyclic) bond motifs is 5. The Bertz CT molecular complexity index is 927. The zero-order valence-corrected chi connectivity index (χ0v) is 20.0. The van der Waals surface area contributed by atoms with Crippen LogP contribution in [0.3, 0.4) is 0 Å². The molecule has 6 nitrogen and oxygen atoms in total. The summed E-state index contributed by atoms with van der Waals surface area (Å²) in [7, 11) is 2.95. The molecule has 2 bridgehead atoms. The average Bonchev–Trinajstić information content (AvgIpc) is 3.06. The van der Waals surface area contributed by atoms with Gasteiger partial charge in [-0.1, -0.05) is 29.3 Å². The van der Waals surface area contributed by atoms with Gasteiger partial charge in [0.25, 0.3) is 0 Å². The second-order valence-corrected chi connectivity index (χ2v) is 11.0. The van der Waals surface area contributed by atoms with Gasteiger partial charge in [0, 0.05) is 20.6 Å². The summed E-state index contributed by atoms with van der Waals surface area (Å²) >= 11 is 27.8. The van der Waals surface area contributed by atoms with Crippen molar-refractivity contribution in [3.63, 3.8) is 0 Å². The second kappa shape index (κ2) is 6.77. The van der Waals surface area contributed by atoms with Crippen molar-refractivity contribution in [1.82, 2.24) is 0 Å². The molecule has 1 aliphatic heterocycles. The minimum Gasteiger partial charge on any atom is -0.423 e. The van der Waals surface area contributed by atoms with Crippen LogP contribution in [0.1, 0.15) is 38.5 Å². The molecule has 2 saturated carbocycles. The summed E-state index contributed by atoms with van der Waals surface area (Å²) in [5, 5.41) is 0.425. The molecule has 0 unspecified atom stereocenters. The Balaban J connectivity index is 1.64. The smallest absolute Gasteiger partial charge is 0.423 e. The number of alkyl halides is 2. The lowest BCUT2D eigenvalue weighted by molar-refractivity contribution is -0.220. The highest BCUT2D eigenvalue weighted by Crippen LogP contribution is 2.76. The number of halogens is 4. The van der Waals surface area contributed by atoms with E-state index in [0.29, 0.717) is 32.1 Å². The minimum atomic E-state index is -1.48. The van der Waals surface area contributed by atoms with E-state index in [1.807, 2.05) is 0 Å². The van der Waals surface area contributed by atoms with Crippen LogP contribution in [-0.4, -0.2) is 52.9 Å². The number of ketones is 1. The Kier molecular flexibility index (Phi) is 4.87. The molecule has 0 N–H and O–H groups in total. The van der Waals surface area contributed by atoms with Crippen molar-refractivity contribution >= 4 is 58.3 Å². The van der Waals surface area contributed by atoms with Gasteiger partial charge in [0.2, 0.25) is 5.79 Å². The maximum Gasteiger partial charge on any atom is 0.509 e. The van der Waals surface area contributed by atoms with Crippen LogP contribution in [0.15, 0.2) is 22.2 Å². The first-order valence-electron chi connectivity index (χ1n) is 10.2. The van der Waals surface area contributed by atoms with Crippen molar-refractivity contribution in [2.45, 2.75) is 65.3 Å². The van der Waals surface area contributed by atoms with E-state index in [-0.39, 0.29) is 34.1 Å². The van der Waals surface area contributed by atoms with Gasteiger partial charge in [-0.2, -0.15) is 0 Å². The van der Waals surface area contributed by atoms with E-state index in [4.69, 9.17) is 65.4 Å². The molecule has 10 heteroatoms. The van der Waals surface area contributed by atoms with Gasteiger partial charge in [0.1, 0.15) is 9.75 Å². The lowest BCUT2D eigenvalue weighted by Gasteiger charge is -2.46. The van der Waals surface area contributed by atoms with Crippen molar-refractivity contribution in [3.05, 3.63) is 22.2 Å². The van der Waals surface area contributed by atoms with E-state index in [1.165, 1.54) is 20.3 Å². The summed E-state index contributed by atoms with van der Waals surface area (Å²) in [6.45, 7) is 0. The maximum absolute atomic E-state index is 12.5. The Morgan fingerprint density at radius 1 is 0.935 bits per heavy atom. The SMILES string of the molecule is COC1(OC)[C@@]2(Cl)C(Cl)=C(Cl)[C@]1(Cl)[C@@H]1CC[C@@]34CC(=O)C=CC[C@]3(CC[C@@H]12)OC(=O)O4. The van der Waals surface area contributed by atoms with Gasteiger partial charge >= 0.3 is 6.16 Å². The van der Waals surface area contributed by atoms with E-state index in [2.05, 4.69) is 0 Å². The fourth-order valence-corrected chi connectivity index (χ4v) is 9.21. The van der Waals surface area contributed by atoms with Gasteiger partial charge in [-0.15, -0.1) is 23.2 Å². The third-order valence-corrected chi connectivity index (χ3v) is 10.9. The zero-order chi connectivity index (χ0) is 22.4. The molecule has 3 fully saturated rings. The Hall–Kier alpha value is -0.500. The Morgan fingerprint density at radius 3 is 2.00 bits per heavy atom. The number of rotatable bonds is 2. The van der Waals surface area contributed by atoms with Crippen LogP contribution in [-0.2, 0) is 23.7 Å². The first kappa shape index (κ1) is 22.3. The molecule has 1 saturated heterocycles. The van der Waals surface area contributed by atoms with Crippen molar-refractivity contribution < 1.29 is 28.5 Å². The highest BCUT2D eigenvalue weighted by atomic mass is 35.5. The molecule has 0 radical (unpaired) electrons. The summed E-state index contributed by atoms with van der Waals surface area (Å²) in [6.07, 6.45) is 4.71. The zero-order valence-electron chi connectivity index (χ0n) is 17.0. The predicted molar refractivity (Wildman–Crippen MR) is 115 cm³/mol. The van der Waals surface area contributed by atoms with Gasteiger partial charge in [-0.3, -0.25) is 4.79 Å². The van der Waals surface area contributed by atoms with E-state index >= 15 is 0 Å². The van der Waals surface area contributed by atoms with E-state index < -0.39 is 32.9 Å². The normalized spacial score (nSPS) is 47.7. The van der Waals surface area contributed by atoms with Gasteiger partial charge < -0.3 is 18.9 Å². The lowest BCUT2D eigenvalue weighted by atomic mass is 9.65. The Labute approximate surface area is 200 Å². The molecule has 0 spiro atoms. The lowest BCUT2D eigenvalue weighted by Crippen LogP contribution is -2.57. The number of methoxy groups -OCH3 is 2. The minimum absolute atomic E-state index is 0.0535. The molecule has 0 amide bonds. The fraction of sp³-hybridized carbons (Fsp3) is 0.714. The molecule has 0 aromatic rings. The fourth-order valence-electron chi connectivity index (χ4n) is 6.92. The van der Waals surface area contributed by atoms with Crippen molar-refractivity contribution in [3.8, 4) is 0 Å². The molecule has 0 aromatic heterocycles. The molecule has 170 valence electrons. The predicted octanol–water partition coefficient (Wildman–Crippen LogP) is 5.02. The number of allylic oxidation sites excluding steroid dienone is 1. The molecule has 6 atom stereocenters. The van der Waals surface area contributed by atoms with Crippen LogP contribution in [0.25, 0.3) is 0 Å². The first-order valence-corrected chi connectivity index (χ1v) is 11.7. The summed E-state index contributed by atoms with van der Waals surface area (Å²) in [5.41, 5.74) is -2.04. The summed E-state index contributed by atoms with van der Waals surface area (Å²) < 4.78 is 23.2. The van der Waals surface area contributed by atoms with Gasteiger partial charge in [-0.25, -0.2) is 4.79 Å². The quantitative estimate of drug-likeness (QED) is 0.294. The van der Waals surface area contributed by atoms with Gasteiger partial charge in [0.15, 0.2) is 17.0 Å². The van der Waals surface area contributed by atoms with E-state index in [9.17, 15) is 9.59 Å². The molecule has 5 rings (SSSR count). The molecule has 4 aliphatic carbocycles. The number of hydrogen-bond donors (Lipinski definition) is 0. The number of carbonyl (C=O) groups is 2. The van der Waals surface area contributed by atoms with E-state index in [1.54, 1.807) is 6.08 Å². The van der Waals surface area contributed by atoms with E-state index in [0.717, 1.165) is 0 Å². The third kappa shape index (κ3) is 2.30. The van der Waals surface area contributed by atoms with Gasteiger partial charge in [-0.05, 0) is 43.6 Å². The van der Waals surface area contributed by atoms with Crippen LogP contribution in [0.5, 0.6) is 0 Å². The monoisotopic (exact) mass is 510 g/mol. The molecular weight excluding hydrogens is 490 g/mol. The van der Waals surface area contributed by atoms with Gasteiger partial charge in [0.05, 0.1) is 16.5 Å². The summed E-state index contributed by atoms with van der Waals surface area (Å²) in [5.74, 6) is -2.14. The van der Waals surface area contributed by atoms with Crippen LogP contribution in [0, 0.1) is 11.8 Å². The third-order valence-electron chi connectivity index (χ3n) is 8.19. The highest BCUT2D eigenvalue weighted by Gasteiger charge is 2.84. The topological polar surface area (TPSA) is 71.1 Å². The molecular formula is C21H22Cl4O6. The van der Waals surface area contributed by atoms with Crippen molar-refractivity contribution in [2.75, 3.05) is 14.2 Å². The molecule has 31 heavy (non-hydrogen) atoms. The van der Waals surface area contributed by atoms with Crippen LogP contribution >= 0.6 is 46.4 Å². The summed E-state index contributed by atoms with van der Waals surface area (Å²) in [6, 6.07) is 0. The van der Waals surface area contributed by atoms with Crippen LogP contribution in [0.2, 0.25) is 0 Å². The first-order chi connectivity index (χ1) is 14.6. The second-order valence-electron chi connectivity index (χ2n) is 9.06. The Morgan fingerprint density at radius 2 is 1.45 bits per heavy atom. The average molecular weight is 512 g/mol. The largest absolute Gasteiger partial charge is 0.509 e. The van der Waals surface area contributed by atoms with Crippen molar-refractivity contribution in [2.24, 2.45) is 11.8 Å².